The monoisotopic (exact) mass is 472 g/mol. The third-order valence-corrected chi connectivity index (χ3v) is 6.52. The van der Waals surface area contributed by atoms with Gasteiger partial charge in [0, 0.05) is 43.9 Å². The van der Waals surface area contributed by atoms with Gasteiger partial charge >= 0.3 is 0 Å². The van der Waals surface area contributed by atoms with Crippen molar-refractivity contribution in [3.05, 3.63) is 24.5 Å². The lowest BCUT2D eigenvalue weighted by Crippen LogP contribution is -2.56. The van der Waals surface area contributed by atoms with Gasteiger partial charge in [-0.15, -0.1) is 0 Å². The molecule has 3 aromatic rings. The zero-order chi connectivity index (χ0) is 24.6. The summed E-state index contributed by atoms with van der Waals surface area (Å²) >= 11 is 0. The van der Waals surface area contributed by atoms with E-state index in [-0.39, 0.29) is 19.0 Å². The van der Waals surface area contributed by atoms with Gasteiger partial charge in [-0.1, -0.05) is 20.8 Å². The fourth-order valence-electron chi connectivity index (χ4n) is 4.44. The van der Waals surface area contributed by atoms with Crippen molar-refractivity contribution in [1.29, 1.82) is 0 Å². The molecule has 1 N–H and O–H groups in total. The molecular formula is C23H30F2N8O. The fourth-order valence-corrected chi connectivity index (χ4v) is 4.44. The Kier molecular flexibility index (Phi) is 6.46. The first-order valence-electron chi connectivity index (χ1n) is 11.6. The zero-order valence-electron chi connectivity index (χ0n) is 20.1. The number of carbonyl (C=O) groups is 1. The van der Waals surface area contributed by atoms with Gasteiger partial charge in [0.25, 0.3) is 5.92 Å². The highest BCUT2D eigenvalue weighted by Gasteiger charge is 2.48. The smallest absolute Gasteiger partial charge is 0.256 e. The Balaban J connectivity index is 1.64. The van der Waals surface area contributed by atoms with Crippen LogP contribution in [-0.4, -0.2) is 65.3 Å². The molecule has 1 saturated heterocycles. The summed E-state index contributed by atoms with van der Waals surface area (Å²) in [6.07, 6.45) is 5.32. The Hall–Kier alpha value is -3.24. The van der Waals surface area contributed by atoms with E-state index in [1.807, 2.05) is 25.3 Å². The number of aromatic nitrogens is 6. The second-order valence-corrected chi connectivity index (χ2v) is 8.92. The summed E-state index contributed by atoms with van der Waals surface area (Å²) in [5.41, 5.74) is 1.90. The van der Waals surface area contributed by atoms with Crippen LogP contribution in [0, 0.1) is 18.8 Å². The fraction of sp³-hybridized carbons (Fsp3) is 0.565. The lowest BCUT2D eigenvalue weighted by atomic mass is 9.87. The molecule has 0 bridgehead atoms. The number of imidazole rings is 1. The molecule has 3 unspecified atom stereocenters. The molecule has 1 fully saturated rings. The number of anilines is 1. The highest BCUT2D eigenvalue weighted by atomic mass is 19.3. The first-order chi connectivity index (χ1) is 16.2. The highest BCUT2D eigenvalue weighted by Crippen LogP contribution is 2.38. The average molecular weight is 473 g/mol. The number of nitrogens with zero attached hydrogens (tertiary/aromatic N) is 7. The minimum atomic E-state index is -2.78. The third kappa shape index (κ3) is 4.19. The van der Waals surface area contributed by atoms with E-state index in [2.05, 4.69) is 25.3 Å². The van der Waals surface area contributed by atoms with Gasteiger partial charge in [0.1, 0.15) is 24.0 Å². The quantitative estimate of drug-likeness (QED) is 0.585. The molecule has 0 aliphatic carbocycles. The normalized spacial score (nSPS) is 21.0. The third-order valence-electron chi connectivity index (χ3n) is 6.52. The standard InChI is InChI=1S/C23H30F2N8O/c1-6-17(22(34)32-10-13(3)23(24,25)14(4)11-32)30-19-18-21(29-12-28-19)33(7-2)20(31-18)16-8-26-15(5)27-9-16/h8-9,12-14,17H,6-7,10-11H2,1-5H3,(H,28,29,30). The van der Waals surface area contributed by atoms with Gasteiger partial charge in [0.2, 0.25) is 5.91 Å². The van der Waals surface area contributed by atoms with E-state index in [1.165, 1.54) is 25.1 Å². The highest BCUT2D eigenvalue weighted by molar-refractivity contribution is 5.90. The van der Waals surface area contributed by atoms with Gasteiger partial charge in [0.05, 0.1) is 5.56 Å². The van der Waals surface area contributed by atoms with E-state index in [9.17, 15) is 13.6 Å². The van der Waals surface area contributed by atoms with E-state index < -0.39 is 23.8 Å². The van der Waals surface area contributed by atoms with E-state index in [4.69, 9.17) is 4.98 Å². The number of hydrogen-bond acceptors (Lipinski definition) is 7. The molecule has 1 aliphatic rings. The number of nitrogens with one attached hydrogen (secondary N) is 1. The molecule has 4 heterocycles. The van der Waals surface area contributed by atoms with Crippen LogP contribution in [0.25, 0.3) is 22.6 Å². The van der Waals surface area contributed by atoms with Crippen molar-refractivity contribution in [1.82, 2.24) is 34.4 Å². The summed E-state index contributed by atoms with van der Waals surface area (Å²) in [5.74, 6) is -3.06. The summed E-state index contributed by atoms with van der Waals surface area (Å²) in [5, 5.41) is 3.21. The molecule has 1 amide bonds. The molecule has 4 rings (SSSR count). The molecule has 9 nitrogen and oxygen atoms in total. The molecule has 34 heavy (non-hydrogen) atoms. The van der Waals surface area contributed by atoms with Crippen molar-refractivity contribution in [3.8, 4) is 11.4 Å². The van der Waals surface area contributed by atoms with Gasteiger partial charge < -0.3 is 14.8 Å². The topological polar surface area (TPSA) is 102 Å². The minimum absolute atomic E-state index is 0.0234. The Morgan fingerprint density at radius 1 is 1.15 bits per heavy atom. The van der Waals surface area contributed by atoms with E-state index >= 15 is 0 Å². The summed E-state index contributed by atoms with van der Waals surface area (Å²) < 4.78 is 30.5. The molecular weight excluding hydrogens is 442 g/mol. The second-order valence-electron chi connectivity index (χ2n) is 8.92. The lowest BCUT2D eigenvalue weighted by molar-refractivity contribution is -0.158. The average Bonchev–Trinajstić information content (AvgIpc) is 3.20. The summed E-state index contributed by atoms with van der Waals surface area (Å²) in [4.78, 5) is 36.9. The predicted octanol–water partition coefficient (Wildman–Crippen LogP) is 3.55. The van der Waals surface area contributed by atoms with E-state index in [1.54, 1.807) is 12.4 Å². The van der Waals surface area contributed by atoms with Crippen LogP contribution in [-0.2, 0) is 11.3 Å². The molecule has 1 aliphatic heterocycles. The molecule has 0 saturated carbocycles. The zero-order valence-corrected chi connectivity index (χ0v) is 20.1. The van der Waals surface area contributed by atoms with Crippen molar-refractivity contribution in [2.24, 2.45) is 11.8 Å². The van der Waals surface area contributed by atoms with Crippen molar-refractivity contribution >= 4 is 22.9 Å². The van der Waals surface area contributed by atoms with Crippen LogP contribution in [0.15, 0.2) is 18.7 Å². The molecule has 0 radical (unpaired) electrons. The first kappa shape index (κ1) is 23.9. The summed E-state index contributed by atoms with van der Waals surface area (Å²) in [6, 6.07) is -0.623. The Morgan fingerprint density at radius 2 is 1.79 bits per heavy atom. The summed E-state index contributed by atoms with van der Waals surface area (Å²) in [7, 11) is 0. The van der Waals surface area contributed by atoms with Crippen LogP contribution in [0.2, 0.25) is 0 Å². The van der Waals surface area contributed by atoms with E-state index in [0.717, 1.165) is 5.56 Å². The number of carbonyl (C=O) groups excluding carboxylic acids is 1. The maximum Gasteiger partial charge on any atom is 0.256 e. The molecule has 3 aromatic heterocycles. The van der Waals surface area contributed by atoms with Gasteiger partial charge in [-0.25, -0.2) is 33.7 Å². The number of rotatable bonds is 6. The molecule has 3 atom stereocenters. The Morgan fingerprint density at radius 3 is 2.38 bits per heavy atom. The number of aryl methyl sites for hydroxylation is 2. The molecule has 11 heteroatoms. The van der Waals surface area contributed by atoms with Gasteiger partial charge in [-0.2, -0.15) is 0 Å². The van der Waals surface area contributed by atoms with Crippen LogP contribution >= 0.6 is 0 Å². The number of amides is 1. The van der Waals surface area contributed by atoms with Gasteiger partial charge in [0.15, 0.2) is 17.0 Å². The van der Waals surface area contributed by atoms with Crippen LogP contribution in [0.3, 0.4) is 0 Å². The maximum absolute atomic E-state index is 14.3. The van der Waals surface area contributed by atoms with Gasteiger partial charge in [-0.05, 0) is 20.3 Å². The van der Waals surface area contributed by atoms with Crippen molar-refractivity contribution in [2.45, 2.75) is 59.5 Å². The number of piperidine rings is 1. The maximum atomic E-state index is 14.3. The number of fused-ring (bicyclic) bond motifs is 1. The van der Waals surface area contributed by atoms with Crippen LogP contribution in [0.1, 0.15) is 39.9 Å². The summed E-state index contributed by atoms with van der Waals surface area (Å²) in [6.45, 7) is 9.32. The predicted molar refractivity (Wildman–Crippen MR) is 124 cm³/mol. The molecule has 182 valence electrons. The van der Waals surface area contributed by atoms with Crippen molar-refractivity contribution in [3.63, 3.8) is 0 Å². The van der Waals surface area contributed by atoms with Crippen molar-refractivity contribution in [2.75, 3.05) is 18.4 Å². The number of likely N-dealkylation sites (tertiary alicyclic amines) is 1. The number of alkyl halides is 2. The first-order valence-corrected chi connectivity index (χ1v) is 11.6. The van der Waals surface area contributed by atoms with Crippen molar-refractivity contribution < 1.29 is 13.6 Å². The van der Waals surface area contributed by atoms with Gasteiger partial charge in [-0.3, -0.25) is 4.79 Å². The Labute approximate surface area is 197 Å². The van der Waals surface area contributed by atoms with Crippen LogP contribution in [0.4, 0.5) is 14.6 Å². The SMILES string of the molecule is CCC(Nc1ncnc2c1nc(-c1cnc(C)nc1)n2CC)C(=O)N1CC(C)C(F)(F)C(C)C1. The Bertz CT molecular complexity index is 1170. The molecule has 0 aromatic carbocycles. The van der Waals surface area contributed by atoms with Crippen LogP contribution in [0.5, 0.6) is 0 Å². The number of halogens is 2. The largest absolute Gasteiger partial charge is 0.356 e. The van der Waals surface area contributed by atoms with Crippen LogP contribution < -0.4 is 5.32 Å². The second kappa shape index (κ2) is 9.19. The molecule has 0 spiro atoms. The number of hydrogen-bond donors (Lipinski definition) is 1. The lowest BCUT2D eigenvalue weighted by Gasteiger charge is -2.42. The van der Waals surface area contributed by atoms with E-state index in [0.29, 0.717) is 41.6 Å². The minimum Gasteiger partial charge on any atom is -0.356 e.